The summed E-state index contributed by atoms with van der Waals surface area (Å²) in [7, 11) is 0. The minimum absolute atomic E-state index is 0.0260. The van der Waals surface area contributed by atoms with E-state index < -0.39 is 0 Å². The Labute approximate surface area is 126 Å². The van der Waals surface area contributed by atoms with Crippen molar-refractivity contribution in [1.29, 1.82) is 0 Å². The van der Waals surface area contributed by atoms with E-state index in [1.165, 1.54) is 0 Å². The first-order valence-electron chi connectivity index (χ1n) is 7.67. The minimum atomic E-state index is -0.321. The fourth-order valence-corrected chi connectivity index (χ4v) is 2.63. The summed E-state index contributed by atoms with van der Waals surface area (Å²) >= 11 is 0. The number of hydrogen-bond acceptors (Lipinski definition) is 4. The number of pyridine rings is 1. The zero-order chi connectivity index (χ0) is 15.3. The van der Waals surface area contributed by atoms with Crippen molar-refractivity contribution in [3.63, 3.8) is 0 Å². The van der Waals surface area contributed by atoms with Gasteiger partial charge in [0.1, 0.15) is 0 Å². The molecule has 5 heteroatoms. The molecule has 1 aliphatic heterocycles. The Kier molecular flexibility index (Phi) is 5.31. The fourth-order valence-electron chi connectivity index (χ4n) is 2.63. The van der Waals surface area contributed by atoms with Crippen LogP contribution in [0.15, 0.2) is 24.5 Å². The topological polar surface area (TPSA) is 77.2 Å². The molecule has 2 rings (SSSR count). The van der Waals surface area contributed by atoms with Gasteiger partial charge in [-0.3, -0.25) is 9.78 Å². The summed E-state index contributed by atoms with van der Waals surface area (Å²) in [6.45, 7) is 5.21. The summed E-state index contributed by atoms with van der Waals surface area (Å²) in [5, 5.41) is 3.00. The predicted molar refractivity (Wildman–Crippen MR) is 81.5 cm³/mol. The third-order valence-corrected chi connectivity index (χ3v) is 4.46. The van der Waals surface area contributed by atoms with E-state index in [1.54, 1.807) is 12.4 Å². The number of carbonyl (C=O) groups is 1. The van der Waals surface area contributed by atoms with Crippen molar-refractivity contribution in [1.82, 2.24) is 10.3 Å². The molecule has 1 aromatic heterocycles. The molecule has 1 saturated heterocycles. The Morgan fingerprint density at radius 2 is 2.29 bits per heavy atom. The molecule has 0 radical (unpaired) electrons. The number of carbonyl (C=O) groups excluding carboxylic acids is 1. The normalized spacial score (nSPS) is 22.2. The third kappa shape index (κ3) is 3.80. The molecule has 0 aliphatic carbocycles. The average molecular weight is 291 g/mol. The molecule has 21 heavy (non-hydrogen) atoms. The van der Waals surface area contributed by atoms with Crippen LogP contribution in [0.4, 0.5) is 0 Å². The van der Waals surface area contributed by atoms with E-state index in [2.05, 4.69) is 10.3 Å². The molecule has 5 nitrogen and oxygen atoms in total. The van der Waals surface area contributed by atoms with Gasteiger partial charge in [-0.15, -0.1) is 0 Å². The maximum absolute atomic E-state index is 12.4. The first kappa shape index (κ1) is 15.9. The highest BCUT2D eigenvalue weighted by atomic mass is 16.5. The van der Waals surface area contributed by atoms with E-state index in [0.29, 0.717) is 13.2 Å². The summed E-state index contributed by atoms with van der Waals surface area (Å²) in [6, 6.07) is 3.82. The number of nitrogens with zero attached hydrogens (tertiary/aromatic N) is 1. The van der Waals surface area contributed by atoms with Crippen molar-refractivity contribution in [2.45, 2.75) is 44.8 Å². The Morgan fingerprint density at radius 1 is 1.52 bits per heavy atom. The van der Waals surface area contributed by atoms with Gasteiger partial charge in [0.25, 0.3) is 0 Å². The van der Waals surface area contributed by atoms with E-state index in [1.807, 2.05) is 26.0 Å². The molecule has 0 bridgehead atoms. The van der Waals surface area contributed by atoms with Gasteiger partial charge in [-0.05, 0) is 30.9 Å². The van der Waals surface area contributed by atoms with Crippen molar-refractivity contribution < 1.29 is 9.53 Å². The first-order chi connectivity index (χ1) is 10.1. The quantitative estimate of drug-likeness (QED) is 0.837. The number of amides is 1. The molecular weight excluding hydrogens is 266 g/mol. The SMILES string of the molecule is CCC(N)(CC)CNC(=O)[C@H]1CCO[C@@H]1c1cccnc1. The van der Waals surface area contributed by atoms with Gasteiger partial charge in [0.2, 0.25) is 5.91 Å². The van der Waals surface area contributed by atoms with Crippen molar-refractivity contribution in [3.8, 4) is 0 Å². The molecule has 2 atom stereocenters. The smallest absolute Gasteiger partial charge is 0.226 e. The zero-order valence-electron chi connectivity index (χ0n) is 12.8. The number of rotatable bonds is 6. The van der Waals surface area contributed by atoms with Crippen LogP contribution < -0.4 is 11.1 Å². The van der Waals surface area contributed by atoms with Crippen LogP contribution in [-0.4, -0.2) is 29.6 Å². The number of nitrogens with two attached hydrogens (primary N) is 1. The molecule has 0 saturated carbocycles. The van der Waals surface area contributed by atoms with Gasteiger partial charge >= 0.3 is 0 Å². The largest absolute Gasteiger partial charge is 0.373 e. The van der Waals surface area contributed by atoms with E-state index in [0.717, 1.165) is 24.8 Å². The lowest BCUT2D eigenvalue weighted by molar-refractivity contribution is -0.127. The van der Waals surface area contributed by atoms with Gasteiger partial charge in [-0.2, -0.15) is 0 Å². The van der Waals surface area contributed by atoms with Crippen LogP contribution in [0.5, 0.6) is 0 Å². The van der Waals surface area contributed by atoms with Crippen LogP contribution in [0, 0.1) is 5.92 Å². The summed E-state index contributed by atoms with van der Waals surface area (Å²) in [5.41, 5.74) is 6.87. The molecule has 2 heterocycles. The molecular formula is C16H25N3O2. The molecule has 1 fully saturated rings. The Balaban J connectivity index is 1.98. The molecule has 1 aliphatic rings. The highest BCUT2D eigenvalue weighted by Crippen LogP contribution is 2.34. The van der Waals surface area contributed by atoms with Gasteiger partial charge in [0, 0.05) is 31.1 Å². The van der Waals surface area contributed by atoms with Crippen LogP contribution in [0.25, 0.3) is 0 Å². The monoisotopic (exact) mass is 291 g/mol. The molecule has 116 valence electrons. The lowest BCUT2D eigenvalue weighted by Crippen LogP contribution is -2.50. The predicted octanol–water partition coefficient (Wildman–Crippen LogP) is 1.79. The molecule has 0 unspecified atom stereocenters. The lowest BCUT2D eigenvalue weighted by Gasteiger charge is -2.28. The maximum atomic E-state index is 12.4. The second kappa shape index (κ2) is 7.00. The highest BCUT2D eigenvalue weighted by molar-refractivity contribution is 5.79. The van der Waals surface area contributed by atoms with Crippen LogP contribution in [0.3, 0.4) is 0 Å². The number of ether oxygens (including phenoxy) is 1. The van der Waals surface area contributed by atoms with Gasteiger partial charge in [-0.25, -0.2) is 0 Å². The minimum Gasteiger partial charge on any atom is -0.373 e. The summed E-state index contributed by atoms with van der Waals surface area (Å²) in [5.74, 6) is -0.134. The molecule has 0 spiro atoms. The Hall–Kier alpha value is -1.46. The van der Waals surface area contributed by atoms with Crippen molar-refractivity contribution in [2.75, 3.05) is 13.2 Å². The lowest BCUT2D eigenvalue weighted by atomic mass is 9.92. The van der Waals surface area contributed by atoms with E-state index >= 15 is 0 Å². The van der Waals surface area contributed by atoms with Crippen LogP contribution >= 0.6 is 0 Å². The summed E-state index contributed by atoms with van der Waals surface area (Å²) in [6.07, 6.45) is 5.71. The van der Waals surface area contributed by atoms with Crippen molar-refractivity contribution >= 4 is 5.91 Å². The van der Waals surface area contributed by atoms with Gasteiger partial charge in [-0.1, -0.05) is 19.9 Å². The average Bonchev–Trinajstić information content (AvgIpc) is 3.03. The number of hydrogen-bond donors (Lipinski definition) is 2. The Morgan fingerprint density at radius 3 is 2.90 bits per heavy atom. The Bertz CT molecular complexity index is 460. The van der Waals surface area contributed by atoms with E-state index in [4.69, 9.17) is 10.5 Å². The van der Waals surface area contributed by atoms with Crippen molar-refractivity contribution in [3.05, 3.63) is 30.1 Å². The van der Waals surface area contributed by atoms with E-state index in [9.17, 15) is 4.79 Å². The van der Waals surface area contributed by atoms with Crippen molar-refractivity contribution in [2.24, 2.45) is 11.7 Å². The third-order valence-electron chi connectivity index (χ3n) is 4.46. The molecule has 0 aromatic carbocycles. The van der Waals surface area contributed by atoms with Crippen LogP contribution in [-0.2, 0) is 9.53 Å². The molecule has 1 amide bonds. The molecule has 3 N–H and O–H groups in total. The van der Waals surface area contributed by atoms with Gasteiger partial charge in [0.05, 0.1) is 12.0 Å². The van der Waals surface area contributed by atoms with Crippen LogP contribution in [0.2, 0.25) is 0 Å². The number of aromatic nitrogens is 1. The summed E-state index contributed by atoms with van der Waals surface area (Å²) < 4.78 is 5.73. The highest BCUT2D eigenvalue weighted by Gasteiger charge is 2.36. The molecule has 1 aromatic rings. The van der Waals surface area contributed by atoms with Gasteiger partial charge in [0.15, 0.2) is 0 Å². The zero-order valence-corrected chi connectivity index (χ0v) is 12.8. The van der Waals surface area contributed by atoms with E-state index in [-0.39, 0.29) is 23.5 Å². The standard InChI is InChI=1S/C16H25N3O2/c1-3-16(17,4-2)11-19-15(20)13-7-9-21-14(13)12-6-5-8-18-10-12/h5-6,8,10,13-14H,3-4,7,9,11,17H2,1-2H3,(H,19,20)/t13-,14+/m0/s1. The first-order valence-corrected chi connectivity index (χ1v) is 7.67. The van der Waals surface area contributed by atoms with Crippen LogP contribution in [0.1, 0.15) is 44.8 Å². The number of nitrogens with one attached hydrogen (secondary N) is 1. The van der Waals surface area contributed by atoms with Gasteiger partial charge < -0.3 is 15.8 Å². The summed E-state index contributed by atoms with van der Waals surface area (Å²) in [4.78, 5) is 16.5. The fraction of sp³-hybridized carbons (Fsp3) is 0.625. The second-order valence-electron chi connectivity index (χ2n) is 5.76. The maximum Gasteiger partial charge on any atom is 0.226 e. The second-order valence-corrected chi connectivity index (χ2v) is 5.76.